The maximum atomic E-state index is 12.2. The van der Waals surface area contributed by atoms with Gasteiger partial charge in [0, 0.05) is 130 Å². The minimum absolute atomic E-state index is 0.0734. The summed E-state index contributed by atoms with van der Waals surface area (Å²) in [5.41, 5.74) is 1.68. The van der Waals surface area contributed by atoms with E-state index in [4.69, 9.17) is 55.6 Å². The smallest absolute Gasteiger partial charge is 0.332 e. The minimum Gasteiger partial charge on any atom is -0.466 e. The third-order valence-corrected chi connectivity index (χ3v) is 19.8. The van der Waals surface area contributed by atoms with Crippen LogP contribution in [0.3, 0.4) is 0 Å². The molecule has 0 spiro atoms. The van der Waals surface area contributed by atoms with E-state index in [0.29, 0.717) is 125 Å². The maximum absolute atomic E-state index is 12.2. The van der Waals surface area contributed by atoms with Crippen LogP contribution in [-0.2, 0) is 172 Å². The summed E-state index contributed by atoms with van der Waals surface area (Å²) < 4.78 is 46.8. The Labute approximate surface area is 690 Å². The molecule has 0 saturated carbocycles. The van der Waals surface area contributed by atoms with Crippen molar-refractivity contribution in [1.82, 2.24) is 112 Å². The fourth-order valence-electron chi connectivity index (χ4n) is 12.2. The number of rotatable bonds is 22. The number of hydrogen-bond acceptors (Lipinski definition) is 28. The molecule has 0 amide bonds. The van der Waals surface area contributed by atoms with Crippen LogP contribution in [0.25, 0.3) is 67.0 Å². The van der Waals surface area contributed by atoms with Gasteiger partial charge in [-0.2, -0.15) is 0 Å². The first-order valence-corrected chi connectivity index (χ1v) is 38.4. The predicted molar refractivity (Wildman–Crippen MR) is 444 cm³/mol. The van der Waals surface area contributed by atoms with Crippen molar-refractivity contribution in [3.8, 4) is 0 Å². The topological polar surface area (TPSA) is 459 Å². The summed E-state index contributed by atoms with van der Waals surface area (Å²) in [6, 6.07) is 0. The van der Waals surface area contributed by atoms with Gasteiger partial charge in [0.2, 0.25) is 0 Å². The van der Waals surface area contributed by atoms with Gasteiger partial charge in [-0.05, 0) is 74.7 Å². The SMILES string of the molecule is CC(=O)CCCn1cnc2c1c(=S)n(C)c(=O)n2C.CC(=O)Cn1cnc2c1c(=O)n(C)c(=O)n2C.CCOC(=O)CCCn1cnc2c1c(=O)n(C)c(=O)n2C.CCOC(=O)CCCn1cnc2c1c(=S)n(C)c(=O)n2C.CCOC(=O)CCn1cnc2c1c(=S)n(C)c(=O)n2C.Cn1c(=O)c2c(ncn2CC(=O)OC(C)(C)C)n(C)c1=O. The van der Waals surface area contributed by atoms with E-state index < -0.39 is 39.8 Å². The van der Waals surface area contributed by atoms with Crippen LogP contribution in [0.15, 0.2) is 81.1 Å². The van der Waals surface area contributed by atoms with E-state index in [1.165, 1.54) is 111 Å². The van der Waals surface area contributed by atoms with E-state index in [2.05, 4.69) is 29.9 Å². The van der Waals surface area contributed by atoms with Crippen molar-refractivity contribution >= 4 is 139 Å². The van der Waals surface area contributed by atoms with Crippen LogP contribution >= 0.6 is 36.7 Å². The molecule has 12 aromatic heterocycles. The molecule has 12 heterocycles. The van der Waals surface area contributed by atoms with E-state index in [1.54, 1.807) is 126 Å². The normalized spacial score (nSPS) is 11.2. The van der Waals surface area contributed by atoms with Gasteiger partial charge >= 0.3 is 58.0 Å². The number of carbonyl (C=O) groups excluding carboxylic acids is 6. The number of hydrogen-bond donors (Lipinski definition) is 0. The van der Waals surface area contributed by atoms with Gasteiger partial charge in [-0.3, -0.25) is 93.2 Å². The molecule has 12 rings (SSSR count). The number of Topliss-reactive ketones (excluding diaryl/α,β-unsaturated/α-hetero) is 2. The lowest BCUT2D eigenvalue weighted by Crippen LogP contribution is -2.38. The number of aryl methyl sites for hydroxylation is 10. The first-order valence-electron chi connectivity index (χ1n) is 37.2. The van der Waals surface area contributed by atoms with Gasteiger partial charge in [0.1, 0.15) is 54.2 Å². The second-order valence-corrected chi connectivity index (χ2v) is 29.4. The van der Waals surface area contributed by atoms with Crippen LogP contribution in [-0.4, -0.2) is 173 Å². The average Bonchev–Trinajstić information content (AvgIpc) is 1.69. The lowest BCUT2D eigenvalue weighted by atomic mass is 10.2. The van der Waals surface area contributed by atoms with Crippen LogP contribution in [0.5, 0.6) is 0 Å². The van der Waals surface area contributed by atoms with Crippen molar-refractivity contribution in [2.45, 2.75) is 145 Å². The molecule has 0 bridgehead atoms. The van der Waals surface area contributed by atoms with Gasteiger partial charge in [-0.25, -0.2) is 58.7 Å². The van der Waals surface area contributed by atoms with Crippen molar-refractivity contribution in [3.05, 3.63) is 146 Å². The third kappa shape index (κ3) is 21.2. The van der Waals surface area contributed by atoms with Crippen LogP contribution in [0.2, 0.25) is 0 Å². The summed E-state index contributed by atoms with van der Waals surface area (Å²) in [5, 5.41) is 0. The van der Waals surface area contributed by atoms with Crippen molar-refractivity contribution in [3.63, 3.8) is 0 Å². The van der Waals surface area contributed by atoms with Crippen LogP contribution in [0.1, 0.15) is 100 Å². The number of carbonyl (C=O) groups is 6. The summed E-state index contributed by atoms with van der Waals surface area (Å²) in [6.45, 7) is 16.8. The summed E-state index contributed by atoms with van der Waals surface area (Å²) in [7, 11) is 18.7. The highest BCUT2D eigenvalue weighted by Crippen LogP contribution is 2.18. The summed E-state index contributed by atoms with van der Waals surface area (Å²) in [4.78, 5) is 200. The summed E-state index contributed by atoms with van der Waals surface area (Å²) in [6.07, 6.45) is 12.5. The summed E-state index contributed by atoms with van der Waals surface area (Å²) in [5.74, 6) is -1.13. The Morgan fingerprint density at radius 1 is 0.311 bits per heavy atom. The zero-order valence-electron chi connectivity index (χ0n) is 70.0. The second kappa shape index (κ2) is 40.0. The predicted octanol–water partition coefficient (Wildman–Crippen LogP) is 1.65. The highest BCUT2D eigenvalue weighted by atomic mass is 32.1. The van der Waals surface area contributed by atoms with E-state index in [-0.39, 0.29) is 94.7 Å². The van der Waals surface area contributed by atoms with Crippen molar-refractivity contribution in [2.24, 2.45) is 84.6 Å². The van der Waals surface area contributed by atoms with Gasteiger partial charge in [-0.15, -0.1) is 0 Å². The fourth-order valence-corrected chi connectivity index (χ4v) is 13.1. The molecule has 0 radical (unpaired) electrons. The van der Waals surface area contributed by atoms with Gasteiger partial charge in [0.15, 0.2) is 50.4 Å². The minimum atomic E-state index is -0.606. The van der Waals surface area contributed by atoms with Gasteiger partial charge in [0.05, 0.1) is 70.8 Å². The van der Waals surface area contributed by atoms with E-state index in [9.17, 15) is 71.9 Å². The molecule has 0 N–H and O–H groups in total. The molecular weight excluding hydrogens is 1610 g/mol. The molecule has 0 unspecified atom stereocenters. The lowest BCUT2D eigenvalue weighted by Gasteiger charge is -2.19. The van der Waals surface area contributed by atoms with Crippen molar-refractivity contribution < 1.29 is 47.7 Å². The van der Waals surface area contributed by atoms with Crippen LogP contribution in [0.4, 0.5) is 0 Å². The molecule has 12 aromatic rings. The monoisotopic (exact) mass is 1710 g/mol. The largest absolute Gasteiger partial charge is 0.466 e. The second-order valence-electron chi connectivity index (χ2n) is 28.2. The molecular formula is C73H98N24O19S3. The highest BCUT2D eigenvalue weighted by Gasteiger charge is 2.23. The standard InChI is InChI=1S/2C13H18N4O4.C13H18N4O3S.C12H16N4O3S.C12H16N4O2S.C10H12N4O3/c1-13(2,3)21-8(18)6-17-7-14-10-9(17)11(19)16(5)12(20)15(10)4;1-4-21-9(18)6-5-7-17-8-14-11-10(17)12(19)16(3)13(20)15(11)2;1-4-20-9(18)6-5-7-17-8-14-11-10(17)12(21)16(3)13(19)15(11)2;1-4-19-8(17)5-6-16-7-13-10-9(16)11(20)15(3)12(18)14(10)2;1-8(17)5-4-6-16-7-13-10-9(16)11(19)15(3)12(18)14(10)2;1-6(15)4-14-5-11-8-7(14)9(16)13(3)10(17)12(8)2/h7H,6H2,1-5H3;2*8H,4-7H2,1-3H3;7H,4-6H2,1-3H3;7H,4-6H2,1-3H3;5H,4H2,1-3H3. The Hall–Kier alpha value is -12.6. The van der Waals surface area contributed by atoms with E-state index in [0.717, 1.165) is 31.2 Å². The number of aromatic nitrogens is 24. The van der Waals surface area contributed by atoms with Crippen molar-refractivity contribution in [2.75, 3.05) is 19.8 Å². The molecule has 119 heavy (non-hydrogen) atoms. The first-order chi connectivity index (χ1) is 55.9. The molecule has 0 atom stereocenters. The quantitative estimate of drug-likeness (QED) is 0.0529. The Kier molecular flexibility index (Phi) is 31.5. The molecule has 0 aliphatic rings. The Morgan fingerprint density at radius 2 is 0.555 bits per heavy atom. The molecule has 642 valence electrons. The highest BCUT2D eigenvalue weighted by molar-refractivity contribution is 7.72. The zero-order chi connectivity index (χ0) is 88.8. The molecule has 0 aromatic carbocycles. The number of ether oxygens (including phenoxy) is 4. The molecule has 43 nitrogen and oxygen atoms in total. The van der Waals surface area contributed by atoms with Gasteiger partial charge in [-0.1, -0.05) is 36.7 Å². The first kappa shape index (κ1) is 93.5. The number of nitrogens with zero attached hydrogens (tertiary/aromatic N) is 24. The van der Waals surface area contributed by atoms with Crippen LogP contribution < -0.4 is 50.8 Å². The maximum Gasteiger partial charge on any atom is 0.332 e. The average molecular weight is 1710 g/mol. The molecule has 46 heteroatoms. The third-order valence-electron chi connectivity index (χ3n) is 18.4. The van der Waals surface area contributed by atoms with Gasteiger partial charge < -0.3 is 51.1 Å². The Bertz CT molecular complexity index is 6560. The Morgan fingerprint density at radius 3 is 0.840 bits per heavy atom. The van der Waals surface area contributed by atoms with Gasteiger partial charge in [0.25, 0.3) is 16.7 Å². The molecule has 0 fully saturated rings. The van der Waals surface area contributed by atoms with Crippen LogP contribution in [0, 0.1) is 13.9 Å². The lowest BCUT2D eigenvalue weighted by molar-refractivity contribution is -0.155. The van der Waals surface area contributed by atoms with Crippen molar-refractivity contribution in [1.29, 1.82) is 0 Å². The van der Waals surface area contributed by atoms with E-state index >= 15 is 0 Å². The summed E-state index contributed by atoms with van der Waals surface area (Å²) >= 11 is 15.9. The molecule has 0 saturated heterocycles. The fraction of sp³-hybridized carbons (Fsp3) is 0.507. The van der Waals surface area contributed by atoms with E-state index in [1.807, 2.05) is 9.13 Å². The number of esters is 4. The number of imidazole rings is 6. The number of fused-ring (bicyclic) bond motifs is 6. The zero-order valence-corrected chi connectivity index (χ0v) is 72.4. The molecule has 0 aliphatic heterocycles. The number of ketones is 2. The Balaban J connectivity index is 0.000000197. The molecule has 0 aliphatic carbocycles.